The normalized spacial score (nSPS) is 12.3. The summed E-state index contributed by atoms with van der Waals surface area (Å²) in [5.74, 6) is 0. The summed E-state index contributed by atoms with van der Waals surface area (Å²) >= 11 is 5.79. The zero-order chi connectivity index (χ0) is 17.4. The molecule has 0 bridgehead atoms. The molecule has 1 aromatic carbocycles. The number of nitrogens with zero attached hydrogens (tertiary/aromatic N) is 3. The third-order valence-corrected chi connectivity index (χ3v) is 3.35. The first-order valence-electron chi connectivity index (χ1n) is 5.93. The van der Waals surface area contributed by atoms with Gasteiger partial charge in [-0.2, -0.15) is 10.5 Å². The Morgan fingerprint density at radius 3 is 2.09 bits per heavy atom. The van der Waals surface area contributed by atoms with Crippen molar-refractivity contribution in [3.63, 3.8) is 0 Å². The maximum Gasteiger partial charge on any atom is 0.217 e. The van der Waals surface area contributed by atoms with Gasteiger partial charge in [-0.25, -0.2) is 8.42 Å². The number of rotatable bonds is 4. The molecule has 0 radical (unpaired) electrons. The minimum atomic E-state index is -4.41. The molecule has 120 valence electrons. The minimum absolute atomic E-state index is 0.293. The van der Waals surface area contributed by atoms with Crippen LogP contribution in [0.4, 0.5) is 0 Å². The third kappa shape index (κ3) is 7.36. The number of hydrogen-bond acceptors (Lipinski definition) is 6. The van der Waals surface area contributed by atoms with Gasteiger partial charge in [0.05, 0.1) is 21.2 Å². The van der Waals surface area contributed by atoms with Crippen molar-refractivity contribution < 1.29 is 21.6 Å². The Morgan fingerprint density at radius 1 is 1.32 bits per heavy atom. The lowest BCUT2D eigenvalue weighted by molar-refractivity contribution is -0.906. The fourth-order valence-electron chi connectivity index (χ4n) is 1.55. The zero-order valence-corrected chi connectivity index (χ0v) is 13.9. The molecule has 1 unspecified atom stereocenters. The fourth-order valence-corrected chi connectivity index (χ4v) is 1.68. The van der Waals surface area contributed by atoms with E-state index in [0.29, 0.717) is 16.1 Å². The van der Waals surface area contributed by atoms with Crippen LogP contribution in [0.1, 0.15) is 11.6 Å². The van der Waals surface area contributed by atoms with Crippen LogP contribution in [0, 0.1) is 22.7 Å². The maximum absolute atomic E-state index is 9.22. The Labute approximate surface area is 135 Å². The highest BCUT2D eigenvalue weighted by atomic mass is 35.5. The number of halogens is 1. The molecule has 0 fully saturated rings. The van der Waals surface area contributed by atoms with Crippen molar-refractivity contribution >= 4 is 22.0 Å². The summed E-state index contributed by atoms with van der Waals surface area (Å²) in [6, 6.07) is 11.2. The lowest BCUT2D eigenvalue weighted by Crippen LogP contribution is -2.42. The van der Waals surface area contributed by atoms with E-state index >= 15 is 0 Å². The molecule has 0 N–H and O–H groups in total. The van der Waals surface area contributed by atoms with Crippen LogP contribution in [0.25, 0.3) is 0 Å². The van der Waals surface area contributed by atoms with Crippen LogP contribution in [0.5, 0.6) is 0 Å². The Hall–Kier alpha value is -1.68. The molecule has 7 nitrogen and oxygen atoms in total. The zero-order valence-electron chi connectivity index (χ0n) is 12.4. The first-order chi connectivity index (χ1) is 10.1. The van der Waals surface area contributed by atoms with Gasteiger partial charge >= 0.3 is 0 Å². The Kier molecular flexibility index (Phi) is 8.02. The van der Waals surface area contributed by atoms with Crippen molar-refractivity contribution in [2.75, 3.05) is 27.7 Å². The molecule has 9 heteroatoms. The van der Waals surface area contributed by atoms with Gasteiger partial charge in [0.2, 0.25) is 16.4 Å². The molecule has 0 aliphatic heterocycles. The third-order valence-electron chi connectivity index (χ3n) is 2.69. The lowest BCUT2D eigenvalue weighted by Gasteiger charge is -2.31. The highest BCUT2D eigenvalue weighted by molar-refractivity contribution is 7.80. The van der Waals surface area contributed by atoms with Gasteiger partial charge in [-0.05, 0) is 12.1 Å². The summed E-state index contributed by atoms with van der Waals surface area (Å²) in [5, 5.41) is 18.6. The van der Waals surface area contributed by atoms with Gasteiger partial charge in [-0.1, -0.05) is 23.7 Å². The number of quaternary nitrogens is 1. The van der Waals surface area contributed by atoms with E-state index in [-0.39, 0.29) is 6.04 Å². The quantitative estimate of drug-likeness (QED) is 0.269. The number of hydrogen-bond donors (Lipinski definition) is 0. The summed E-state index contributed by atoms with van der Waals surface area (Å²) in [6.07, 6.45) is 0. The van der Waals surface area contributed by atoms with Crippen molar-refractivity contribution in [1.29, 1.82) is 10.5 Å². The van der Waals surface area contributed by atoms with E-state index in [0.717, 1.165) is 12.7 Å². The number of nitriles is 2. The highest BCUT2D eigenvalue weighted by Crippen LogP contribution is 2.25. The van der Waals surface area contributed by atoms with Crippen LogP contribution in [0.2, 0.25) is 5.02 Å². The van der Waals surface area contributed by atoms with Gasteiger partial charge in [0.1, 0.15) is 12.1 Å². The van der Waals surface area contributed by atoms with Crippen molar-refractivity contribution in [1.82, 2.24) is 0 Å². The highest BCUT2D eigenvalue weighted by Gasteiger charge is 2.29. The molecule has 0 spiro atoms. The average molecular weight is 347 g/mol. The van der Waals surface area contributed by atoms with E-state index in [9.17, 15) is 18.2 Å². The Bertz CT molecular complexity index is 660. The smallest absolute Gasteiger partial charge is 0.217 e. The van der Waals surface area contributed by atoms with Crippen molar-refractivity contribution in [3.8, 4) is 12.1 Å². The summed E-state index contributed by atoms with van der Waals surface area (Å²) < 4.78 is 31.3. The van der Waals surface area contributed by atoms with E-state index < -0.39 is 10.4 Å². The molecule has 0 aliphatic carbocycles. The van der Waals surface area contributed by atoms with Gasteiger partial charge in [0.15, 0.2) is 6.54 Å². The van der Waals surface area contributed by atoms with Crippen molar-refractivity contribution in [2.45, 2.75) is 6.04 Å². The monoisotopic (exact) mass is 346 g/mol. The van der Waals surface area contributed by atoms with Gasteiger partial charge in [0.25, 0.3) is 0 Å². The predicted octanol–water partition coefficient (Wildman–Crippen LogP) is 1.60. The molecule has 1 atom stereocenters. The molecule has 0 aliphatic rings. The van der Waals surface area contributed by atoms with Crippen LogP contribution < -0.4 is 0 Å². The van der Waals surface area contributed by atoms with E-state index in [1.54, 1.807) is 12.1 Å². The molecule has 0 amide bonds. The van der Waals surface area contributed by atoms with E-state index in [2.05, 4.69) is 16.3 Å². The molecule has 1 aromatic rings. The van der Waals surface area contributed by atoms with Gasteiger partial charge in [0, 0.05) is 10.6 Å². The van der Waals surface area contributed by atoms with Crippen molar-refractivity contribution in [2.24, 2.45) is 0 Å². The first kappa shape index (κ1) is 20.3. The second-order valence-electron chi connectivity index (χ2n) is 4.75. The SMILES string of the molecule is COS(=O)(=O)[O-].C[N+](C)(CC#N)C([13C]#N)c1ccc(Cl)cc1. The predicted molar refractivity (Wildman–Crippen MR) is 79.1 cm³/mol. The topological polar surface area (TPSA) is 114 Å². The standard InChI is InChI=1S/C12H13ClN3.CH4O4S/c1-16(2,8-7-14)12(9-15)10-3-5-11(13)6-4-10;1-5-6(2,3)4/h3-6,12H,8H2,1-2H3;1H3,(H,2,3,4)/q+1;/p-1/i9+1;. The molecular formula is C13H16ClN3O4S. The Morgan fingerprint density at radius 2 is 1.77 bits per heavy atom. The maximum atomic E-state index is 9.22. The fraction of sp³-hybridized carbons (Fsp3) is 0.385. The molecule has 0 aromatic heterocycles. The van der Waals surface area contributed by atoms with E-state index in [1.165, 1.54) is 0 Å². The summed E-state index contributed by atoms with van der Waals surface area (Å²) in [4.78, 5) is 0. The second-order valence-corrected chi connectivity index (χ2v) is 6.34. The summed E-state index contributed by atoms with van der Waals surface area (Å²) in [7, 11) is 0.129. The average Bonchev–Trinajstić information content (AvgIpc) is 2.41. The summed E-state index contributed by atoms with van der Waals surface area (Å²) in [6.45, 7) is 0.293. The second kappa shape index (κ2) is 8.69. The molecule has 0 heterocycles. The summed E-state index contributed by atoms with van der Waals surface area (Å²) in [5.41, 5.74) is 0.882. The van der Waals surface area contributed by atoms with Gasteiger partial charge < -0.3 is 4.55 Å². The van der Waals surface area contributed by atoms with Crippen LogP contribution in [-0.4, -0.2) is 45.2 Å². The van der Waals surface area contributed by atoms with Gasteiger partial charge in [-0.3, -0.25) is 8.67 Å². The molecule has 22 heavy (non-hydrogen) atoms. The molecule has 0 saturated carbocycles. The van der Waals surface area contributed by atoms with Crippen LogP contribution >= 0.6 is 11.6 Å². The van der Waals surface area contributed by atoms with Crippen LogP contribution in [-0.2, 0) is 14.6 Å². The van der Waals surface area contributed by atoms with Crippen molar-refractivity contribution in [3.05, 3.63) is 34.9 Å². The van der Waals surface area contributed by atoms with E-state index in [1.807, 2.05) is 26.2 Å². The van der Waals surface area contributed by atoms with Crippen LogP contribution in [0.15, 0.2) is 24.3 Å². The molecular weight excluding hydrogens is 331 g/mol. The molecule has 0 saturated heterocycles. The largest absolute Gasteiger partial charge is 0.726 e. The Balaban J connectivity index is 0.000000626. The molecule has 1 rings (SSSR count). The minimum Gasteiger partial charge on any atom is -0.726 e. The van der Waals surface area contributed by atoms with Crippen LogP contribution in [0.3, 0.4) is 0 Å². The first-order valence-corrected chi connectivity index (χ1v) is 7.64. The number of benzene rings is 1. The lowest BCUT2D eigenvalue weighted by atomic mass is 10.1. The van der Waals surface area contributed by atoms with E-state index in [4.69, 9.17) is 16.9 Å². The van der Waals surface area contributed by atoms with Gasteiger partial charge in [-0.15, -0.1) is 0 Å².